The summed E-state index contributed by atoms with van der Waals surface area (Å²) in [6, 6.07) is 0. The molecule has 0 rings (SSSR count). The van der Waals surface area contributed by atoms with Crippen molar-refractivity contribution in [2.45, 2.75) is 20.8 Å². The lowest BCUT2D eigenvalue weighted by Gasteiger charge is -1.78. The monoisotopic (exact) mass is 139 g/mol. The van der Waals surface area contributed by atoms with Crippen molar-refractivity contribution < 1.29 is 0 Å². The van der Waals surface area contributed by atoms with Gasteiger partial charge in [-0.15, -0.1) is 0 Å². The Kier molecular flexibility index (Phi) is 9.44. The van der Waals surface area contributed by atoms with Crippen LogP contribution in [0.5, 0.6) is 0 Å². The van der Waals surface area contributed by atoms with Gasteiger partial charge in [0.2, 0.25) is 0 Å². The van der Waals surface area contributed by atoms with Crippen LogP contribution < -0.4 is 5.73 Å². The summed E-state index contributed by atoms with van der Waals surface area (Å²) in [6.07, 6.45) is 3.85. The Balaban J connectivity index is 0. The summed E-state index contributed by atoms with van der Waals surface area (Å²) in [5, 5.41) is 0. The molecular formula is C9H17N. The second kappa shape index (κ2) is 8.02. The van der Waals surface area contributed by atoms with Crippen molar-refractivity contribution in [3.63, 3.8) is 0 Å². The van der Waals surface area contributed by atoms with Crippen LogP contribution >= 0.6 is 0 Å². The second-order valence-electron chi connectivity index (χ2n) is 2.08. The maximum Gasteiger partial charge on any atom is -0.00242 e. The fraction of sp³-hybridized carbons (Fsp3) is 0.333. The van der Waals surface area contributed by atoms with Crippen LogP contribution in [0.1, 0.15) is 20.8 Å². The zero-order valence-corrected chi connectivity index (χ0v) is 7.15. The predicted octanol–water partition coefficient (Wildman–Crippen LogP) is 2.62. The van der Waals surface area contributed by atoms with E-state index >= 15 is 0 Å². The molecule has 0 unspecified atom stereocenters. The van der Waals surface area contributed by atoms with Crippen molar-refractivity contribution in [1.29, 1.82) is 0 Å². The van der Waals surface area contributed by atoms with Crippen LogP contribution in [-0.2, 0) is 0 Å². The van der Waals surface area contributed by atoms with Crippen molar-refractivity contribution in [3.8, 4) is 0 Å². The Morgan fingerprint density at radius 1 is 1.40 bits per heavy atom. The van der Waals surface area contributed by atoms with Gasteiger partial charge in [0, 0.05) is 0 Å². The largest absolute Gasteiger partial charge is 0.403 e. The highest BCUT2D eigenvalue weighted by Gasteiger charge is 1.66. The van der Waals surface area contributed by atoms with Crippen LogP contribution in [0, 0.1) is 0 Å². The first-order valence-corrected chi connectivity index (χ1v) is 3.21. The topological polar surface area (TPSA) is 26.0 Å². The average molecular weight is 139 g/mol. The Bertz CT molecular complexity index is 128. The summed E-state index contributed by atoms with van der Waals surface area (Å²) in [4.78, 5) is 0. The zero-order valence-electron chi connectivity index (χ0n) is 7.15. The summed E-state index contributed by atoms with van der Waals surface area (Å²) in [5.74, 6) is 0. The molecule has 0 fully saturated rings. The average Bonchev–Trinajstić information content (AvgIpc) is 1.85. The van der Waals surface area contributed by atoms with E-state index in [0.717, 1.165) is 0 Å². The Hall–Kier alpha value is -0.980. The molecule has 58 valence electrons. The van der Waals surface area contributed by atoms with E-state index in [-0.39, 0.29) is 0 Å². The van der Waals surface area contributed by atoms with Gasteiger partial charge >= 0.3 is 0 Å². The first-order chi connectivity index (χ1) is 4.54. The lowest BCUT2D eigenvalue weighted by molar-refractivity contribution is 1.34. The van der Waals surface area contributed by atoms with Crippen LogP contribution in [0.2, 0.25) is 0 Å². The molecule has 0 aromatic heterocycles. The minimum absolute atomic E-state index is 0.667. The molecule has 0 aliphatic rings. The molecular weight excluding hydrogens is 122 g/mol. The van der Waals surface area contributed by atoms with Crippen molar-refractivity contribution >= 4 is 0 Å². The summed E-state index contributed by atoms with van der Waals surface area (Å²) in [7, 11) is 0. The van der Waals surface area contributed by atoms with Gasteiger partial charge in [0.25, 0.3) is 0 Å². The quantitative estimate of drug-likeness (QED) is 0.555. The Morgan fingerprint density at radius 2 is 1.70 bits per heavy atom. The molecule has 0 spiro atoms. The number of hydrogen-bond acceptors (Lipinski definition) is 1. The Morgan fingerprint density at radius 3 is 1.70 bits per heavy atom. The molecule has 10 heavy (non-hydrogen) atoms. The SMILES string of the molecule is C=C(C)N.C=C/C(C)=C\C. The highest BCUT2D eigenvalue weighted by atomic mass is 14.5. The molecule has 0 saturated carbocycles. The van der Waals surface area contributed by atoms with Gasteiger partial charge in [0.15, 0.2) is 0 Å². The normalized spacial score (nSPS) is 9.30. The maximum atomic E-state index is 4.92. The second-order valence-corrected chi connectivity index (χ2v) is 2.08. The predicted molar refractivity (Wildman–Crippen MR) is 48.6 cm³/mol. The summed E-state index contributed by atoms with van der Waals surface area (Å²) < 4.78 is 0. The first-order valence-electron chi connectivity index (χ1n) is 3.21. The fourth-order valence-corrected chi connectivity index (χ4v) is 0.118. The van der Waals surface area contributed by atoms with Crippen molar-refractivity contribution in [1.82, 2.24) is 0 Å². The van der Waals surface area contributed by atoms with E-state index in [4.69, 9.17) is 5.73 Å². The fourth-order valence-electron chi connectivity index (χ4n) is 0.118. The summed E-state index contributed by atoms with van der Waals surface area (Å²) >= 11 is 0. The molecule has 0 aliphatic carbocycles. The van der Waals surface area contributed by atoms with E-state index in [9.17, 15) is 0 Å². The van der Waals surface area contributed by atoms with Crippen molar-refractivity contribution in [3.05, 3.63) is 36.6 Å². The minimum atomic E-state index is 0.667. The maximum absolute atomic E-state index is 4.92. The third kappa shape index (κ3) is 27.9. The number of allylic oxidation sites excluding steroid dienone is 4. The third-order valence-electron chi connectivity index (χ3n) is 0.777. The van der Waals surface area contributed by atoms with Gasteiger partial charge in [0.05, 0.1) is 0 Å². The first kappa shape index (κ1) is 11.8. The lowest BCUT2D eigenvalue weighted by atomic mass is 10.3. The number of nitrogens with two attached hydrogens (primary N) is 1. The van der Waals surface area contributed by atoms with E-state index in [0.29, 0.717) is 5.70 Å². The third-order valence-corrected chi connectivity index (χ3v) is 0.777. The van der Waals surface area contributed by atoms with Gasteiger partial charge in [-0.1, -0.05) is 30.9 Å². The minimum Gasteiger partial charge on any atom is -0.403 e. The molecule has 0 saturated heterocycles. The van der Waals surface area contributed by atoms with E-state index in [2.05, 4.69) is 13.2 Å². The molecule has 0 aliphatic heterocycles. The number of rotatable bonds is 1. The summed E-state index contributed by atoms with van der Waals surface area (Å²) in [6.45, 7) is 12.7. The molecule has 0 amide bonds. The van der Waals surface area contributed by atoms with E-state index in [1.807, 2.05) is 26.0 Å². The van der Waals surface area contributed by atoms with Crippen LogP contribution in [0.3, 0.4) is 0 Å². The highest BCUT2D eigenvalue weighted by molar-refractivity contribution is 5.10. The summed E-state index contributed by atoms with van der Waals surface area (Å²) in [5.41, 5.74) is 6.81. The van der Waals surface area contributed by atoms with Crippen molar-refractivity contribution in [2.24, 2.45) is 5.73 Å². The lowest BCUT2D eigenvalue weighted by Crippen LogP contribution is -1.83. The van der Waals surface area contributed by atoms with E-state index in [1.54, 1.807) is 6.92 Å². The van der Waals surface area contributed by atoms with Gasteiger partial charge in [0.1, 0.15) is 0 Å². The van der Waals surface area contributed by atoms with Gasteiger partial charge in [-0.3, -0.25) is 0 Å². The molecule has 1 nitrogen and oxygen atoms in total. The van der Waals surface area contributed by atoms with Gasteiger partial charge in [-0.25, -0.2) is 0 Å². The standard InChI is InChI=1S/C6H10.C3H7N/c1-4-6(3)5-2;1-3(2)4/h4-5H,1H2,2-3H3;1,4H2,2H3/b6-5-;. The van der Waals surface area contributed by atoms with Crippen LogP contribution in [0.4, 0.5) is 0 Å². The smallest absolute Gasteiger partial charge is 0.00242 e. The van der Waals surface area contributed by atoms with Crippen LogP contribution in [-0.4, -0.2) is 0 Å². The Labute approximate surface area is 63.9 Å². The molecule has 1 heteroatoms. The van der Waals surface area contributed by atoms with Gasteiger partial charge in [-0.05, 0) is 26.5 Å². The molecule has 0 aromatic rings. The zero-order chi connectivity index (χ0) is 8.57. The molecule has 2 N–H and O–H groups in total. The van der Waals surface area contributed by atoms with E-state index in [1.165, 1.54) is 5.57 Å². The molecule has 0 bridgehead atoms. The molecule has 0 radical (unpaired) electrons. The van der Waals surface area contributed by atoms with Crippen LogP contribution in [0.25, 0.3) is 0 Å². The van der Waals surface area contributed by atoms with Crippen LogP contribution in [0.15, 0.2) is 36.6 Å². The number of hydrogen-bond donors (Lipinski definition) is 1. The highest BCUT2D eigenvalue weighted by Crippen LogP contribution is 1.88. The van der Waals surface area contributed by atoms with Gasteiger partial charge in [-0.2, -0.15) is 0 Å². The van der Waals surface area contributed by atoms with Crippen molar-refractivity contribution in [2.75, 3.05) is 0 Å². The van der Waals surface area contributed by atoms with E-state index < -0.39 is 0 Å². The van der Waals surface area contributed by atoms with Gasteiger partial charge < -0.3 is 5.73 Å². The molecule has 0 heterocycles. The molecule has 0 aromatic carbocycles. The molecule has 0 atom stereocenters.